The lowest BCUT2D eigenvalue weighted by Gasteiger charge is -2.00. The van der Waals surface area contributed by atoms with Gasteiger partial charge < -0.3 is 9.52 Å². The van der Waals surface area contributed by atoms with Gasteiger partial charge in [-0.3, -0.25) is 9.36 Å². The van der Waals surface area contributed by atoms with E-state index < -0.39 is 5.97 Å². The lowest BCUT2D eigenvalue weighted by Crippen LogP contribution is -2.14. The zero-order chi connectivity index (χ0) is 12.6. The Labute approximate surface area is 101 Å². The van der Waals surface area contributed by atoms with Gasteiger partial charge in [0.1, 0.15) is 17.1 Å². The summed E-state index contributed by atoms with van der Waals surface area (Å²) in [5.74, 6) is -0.191. The van der Waals surface area contributed by atoms with Crippen molar-refractivity contribution in [1.82, 2.24) is 4.57 Å². The SMILES string of the molecule is Cc1oc(Cn2c(C)csc2=O)cc1C(=O)O. The molecule has 0 fully saturated rings. The van der Waals surface area contributed by atoms with Crippen LogP contribution in [0.3, 0.4) is 0 Å². The number of hydrogen-bond donors (Lipinski definition) is 1. The fourth-order valence-electron chi connectivity index (χ4n) is 1.59. The van der Waals surface area contributed by atoms with Crippen molar-refractivity contribution >= 4 is 17.3 Å². The van der Waals surface area contributed by atoms with Gasteiger partial charge in [-0.2, -0.15) is 0 Å². The van der Waals surface area contributed by atoms with Crippen molar-refractivity contribution in [3.8, 4) is 0 Å². The lowest BCUT2D eigenvalue weighted by molar-refractivity contribution is 0.0695. The Balaban J connectivity index is 2.34. The minimum atomic E-state index is -1.02. The number of aromatic nitrogens is 1. The molecule has 0 bridgehead atoms. The minimum Gasteiger partial charge on any atom is -0.478 e. The monoisotopic (exact) mass is 253 g/mol. The molecule has 0 saturated carbocycles. The summed E-state index contributed by atoms with van der Waals surface area (Å²) in [6.45, 7) is 3.68. The van der Waals surface area contributed by atoms with Gasteiger partial charge in [0.25, 0.3) is 0 Å². The molecule has 1 N–H and O–H groups in total. The Morgan fingerprint density at radius 3 is 2.71 bits per heavy atom. The van der Waals surface area contributed by atoms with Crippen molar-refractivity contribution in [2.45, 2.75) is 20.4 Å². The van der Waals surface area contributed by atoms with E-state index in [0.29, 0.717) is 11.5 Å². The molecule has 17 heavy (non-hydrogen) atoms. The highest BCUT2D eigenvalue weighted by Gasteiger charge is 2.14. The van der Waals surface area contributed by atoms with Gasteiger partial charge in [-0.25, -0.2) is 4.79 Å². The summed E-state index contributed by atoms with van der Waals surface area (Å²) in [4.78, 5) is 22.3. The van der Waals surface area contributed by atoms with Gasteiger partial charge in [-0.15, -0.1) is 0 Å². The lowest BCUT2D eigenvalue weighted by atomic mass is 10.2. The zero-order valence-corrected chi connectivity index (χ0v) is 10.2. The number of aromatic carboxylic acids is 1. The normalized spacial score (nSPS) is 10.7. The summed E-state index contributed by atoms with van der Waals surface area (Å²) in [5, 5.41) is 10.6. The molecule has 2 aromatic heterocycles. The molecule has 0 atom stereocenters. The second-order valence-corrected chi connectivity index (χ2v) is 4.54. The molecular formula is C11H11NO4S. The van der Waals surface area contributed by atoms with Gasteiger partial charge in [0.05, 0.1) is 6.54 Å². The summed E-state index contributed by atoms with van der Waals surface area (Å²) in [7, 11) is 0. The molecular weight excluding hydrogens is 242 g/mol. The summed E-state index contributed by atoms with van der Waals surface area (Å²) >= 11 is 1.12. The Kier molecular flexibility index (Phi) is 2.89. The van der Waals surface area contributed by atoms with Crippen LogP contribution in [0.2, 0.25) is 0 Å². The topological polar surface area (TPSA) is 72.4 Å². The molecule has 0 unspecified atom stereocenters. The first kappa shape index (κ1) is 11.7. The molecule has 90 valence electrons. The molecule has 0 radical (unpaired) electrons. The quantitative estimate of drug-likeness (QED) is 0.906. The largest absolute Gasteiger partial charge is 0.478 e. The summed E-state index contributed by atoms with van der Waals surface area (Å²) in [5.41, 5.74) is 0.979. The molecule has 2 rings (SSSR count). The van der Waals surface area contributed by atoms with Crippen LogP contribution in [0, 0.1) is 13.8 Å². The maximum atomic E-state index is 11.5. The summed E-state index contributed by atoms with van der Waals surface area (Å²) in [6, 6.07) is 1.46. The number of thiazole rings is 1. The van der Waals surface area contributed by atoms with Crippen LogP contribution >= 0.6 is 11.3 Å². The predicted molar refractivity (Wildman–Crippen MR) is 62.8 cm³/mol. The van der Waals surface area contributed by atoms with E-state index in [1.165, 1.54) is 6.07 Å². The highest BCUT2D eigenvalue weighted by molar-refractivity contribution is 7.07. The Morgan fingerprint density at radius 1 is 1.53 bits per heavy atom. The molecule has 0 amide bonds. The van der Waals surface area contributed by atoms with E-state index in [2.05, 4.69) is 0 Å². The van der Waals surface area contributed by atoms with Gasteiger partial charge in [0, 0.05) is 11.1 Å². The van der Waals surface area contributed by atoms with E-state index in [-0.39, 0.29) is 17.0 Å². The first-order valence-corrected chi connectivity index (χ1v) is 5.84. The van der Waals surface area contributed by atoms with Crippen LogP contribution < -0.4 is 4.87 Å². The molecule has 2 aromatic rings. The maximum absolute atomic E-state index is 11.5. The van der Waals surface area contributed by atoms with Crippen LogP contribution in [0.15, 0.2) is 20.7 Å². The molecule has 0 aliphatic rings. The number of furan rings is 1. The zero-order valence-electron chi connectivity index (χ0n) is 9.39. The van der Waals surface area contributed by atoms with Crippen LogP contribution in [0.4, 0.5) is 0 Å². The fourth-order valence-corrected chi connectivity index (χ4v) is 2.32. The number of carbonyl (C=O) groups is 1. The third kappa shape index (κ3) is 2.16. The number of carboxylic acids is 1. The standard InChI is InChI=1S/C11H11NO4S/c1-6-5-17-11(15)12(6)4-8-3-9(10(13)14)7(2)16-8/h3,5H,4H2,1-2H3,(H,13,14). The number of rotatable bonds is 3. The van der Waals surface area contributed by atoms with Crippen LogP contribution in [0.1, 0.15) is 27.6 Å². The van der Waals surface area contributed by atoms with Gasteiger partial charge >= 0.3 is 10.8 Å². The predicted octanol–water partition coefficient (Wildman–Crippen LogP) is 1.87. The van der Waals surface area contributed by atoms with Crippen LogP contribution in [-0.4, -0.2) is 15.6 Å². The average Bonchev–Trinajstić information content (AvgIpc) is 2.76. The second kappa shape index (κ2) is 4.21. The summed E-state index contributed by atoms with van der Waals surface area (Å²) < 4.78 is 6.87. The van der Waals surface area contributed by atoms with Crippen LogP contribution in [0.25, 0.3) is 0 Å². The number of hydrogen-bond acceptors (Lipinski definition) is 4. The summed E-state index contributed by atoms with van der Waals surface area (Å²) in [6.07, 6.45) is 0. The Hall–Kier alpha value is -1.82. The highest BCUT2D eigenvalue weighted by Crippen LogP contribution is 2.16. The molecule has 0 aliphatic heterocycles. The Morgan fingerprint density at radius 2 is 2.24 bits per heavy atom. The van der Waals surface area contributed by atoms with E-state index >= 15 is 0 Å². The molecule has 6 heteroatoms. The third-order valence-electron chi connectivity index (χ3n) is 2.49. The van der Waals surface area contributed by atoms with Crippen molar-refractivity contribution in [2.24, 2.45) is 0 Å². The molecule has 2 heterocycles. The Bertz CT molecular complexity index is 620. The number of nitrogens with zero attached hydrogens (tertiary/aromatic N) is 1. The second-order valence-electron chi connectivity index (χ2n) is 3.72. The first-order chi connectivity index (χ1) is 7.99. The molecule has 5 nitrogen and oxygen atoms in total. The van der Waals surface area contributed by atoms with Crippen molar-refractivity contribution < 1.29 is 14.3 Å². The maximum Gasteiger partial charge on any atom is 0.339 e. The van der Waals surface area contributed by atoms with Crippen molar-refractivity contribution in [3.05, 3.63) is 43.9 Å². The van der Waals surface area contributed by atoms with Crippen molar-refractivity contribution in [2.75, 3.05) is 0 Å². The van der Waals surface area contributed by atoms with Gasteiger partial charge in [0.2, 0.25) is 0 Å². The van der Waals surface area contributed by atoms with Gasteiger partial charge in [-0.05, 0) is 19.9 Å². The van der Waals surface area contributed by atoms with E-state index in [4.69, 9.17) is 9.52 Å². The van der Waals surface area contributed by atoms with Gasteiger partial charge in [0.15, 0.2) is 0 Å². The third-order valence-corrected chi connectivity index (χ3v) is 3.37. The van der Waals surface area contributed by atoms with Crippen molar-refractivity contribution in [1.29, 1.82) is 0 Å². The molecule has 0 spiro atoms. The van der Waals surface area contributed by atoms with Crippen molar-refractivity contribution in [3.63, 3.8) is 0 Å². The average molecular weight is 253 g/mol. The van der Waals surface area contributed by atoms with E-state index in [1.54, 1.807) is 16.9 Å². The molecule has 0 saturated heterocycles. The van der Waals surface area contributed by atoms with Crippen LogP contribution in [0.5, 0.6) is 0 Å². The smallest absolute Gasteiger partial charge is 0.339 e. The highest BCUT2D eigenvalue weighted by atomic mass is 32.1. The minimum absolute atomic E-state index is 0.0755. The van der Waals surface area contributed by atoms with Gasteiger partial charge in [-0.1, -0.05) is 11.3 Å². The fraction of sp³-hybridized carbons (Fsp3) is 0.273. The molecule has 0 aromatic carbocycles. The van der Waals surface area contributed by atoms with Crippen LogP contribution in [-0.2, 0) is 6.54 Å². The van der Waals surface area contributed by atoms with E-state index in [9.17, 15) is 9.59 Å². The van der Waals surface area contributed by atoms with E-state index in [0.717, 1.165) is 17.0 Å². The van der Waals surface area contributed by atoms with E-state index in [1.807, 2.05) is 6.92 Å². The molecule has 0 aliphatic carbocycles. The first-order valence-electron chi connectivity index (χ1n) is 4.96. The number of carboxylic acid groups (broad SMARTS) is 1. The number of aryl methyl sites for hydroxylation is 2.